The van der Waals surface area contributed by atoms with E-state index in [0.717, 1.165) is 49.2 Å². The molecular weight excluding hydrogens is 640 g/mol. The van der Waals surface area contributed by atoms with Crippen LogP contribution in [0.15, 0.2) is 67.5 Å². The third kappa shape index (κ3) is 8.55. The molecule has 0 fully saturated rings. The van der Waals surface area contributed by atoms with Crippen LogP contribution >= 0.6 is 0 Å². The van der Waals surface area contributed by atoms with E-state index in [1.54, 1.807) is 24.3 Å². The van der Waals surface area contributed by atoms with E-state index in [1.165, 1.54) is 18.6 Å². The molecule has 0 atom stereocenters. The number of nitrogens with one attached hydrogen (secondary N) is 1. The van der Waals surface area contributed by atoms with Crippen molar-refractivity contribution in [2.75, 3.05) is 54.5 Å². The van der Waals surface area contributed by atoms with Crippen LogP contribution in [0.3, 0.4) is 0 Å². The van der Waals surface area contributed by atoms with Crippen molar-refractivity contribution < 1.29 is 38.3 Å². The summed E-state index contributed by atoms with van der Waals surface area (Å²) in [6.45, 7) is 16.3. The topological polar surface area (TPSA) is 135 Å². The Morgan fingerprint density at radius 2 is 1.38 bits per heavy atom. The zero-order valence-electron chi connectivity index (χ0n) is 29.2. The normalized spacial score (nSPS) is 12.9. The number of Topliss-reactive ketones (excluding diaryl/α,β-unsaturated/α-hetero) is 1. The highest BCUT2D eigenvalue weighted by molar-refractivity contribution is 6.52. The Morgan fingerprint density at radius 1 is 0.820 bits per heavy atom. The first-order valence-corrected chi connectivity index (χ1v) is 16.8. The quantitative estimate of drug-likeness (QED) is 0.141. The van der Waals surface area contributed by atoms with E-state index >= 15 is 0 Å². The summed E-state index contributed by atoms with van der Waals surface area (Å²) in [7, 11) is 0. The van der Waals surface area contributed by atoms with E-state index in [1.807, 2.05) is 17.0 Å². The maximum Gasteiger partial charge on any atom is 0.432 e. The zero-order valence-corrected chi connectivity index (χ0v) is 29.2. The van der Waals surface area contributed by atoms with Crippen LogP contribution < -0.4 is 30.4 Å². The lowest BCUT2D eigenvalue weighted by molar-refractivity contribution is -0.138. The zero-order chi connectivity index (χ0) is 36.4. The number of nitrogens with zero attached hydrogens (tertiary/aromatic N) is 3. The molecule has 2 aliphatic rings. The minimum atomic E-state index is -0.510. The van der Waals surface area contributed by atoms with Crippen LogP contribution in [0, 0.1) is 0 Å². The number of anilines is 3. The van der Waals surface area contributed by atoms with Gasteiger partial charge in [0.2, 0.25) is 17.4 Å². The lowest BCUT2D eigenvalue weighted by Crippen LogP contribution is -2.51. The van der Waals surface area contributed by atoms with E-state index in [-0.39, 0.29) is 36.2 Å². The molecule has 50 heavy (non-hydrogen) atoms. The highest BCUT2D eigenvalue weighted by Crippen LogP contribution is 2.43. The monoisotopic (exact) mass is 685 g/mol. The van der Waals surface area contributed by atoms with Crippen LogP contribution in [-0.2, 0) is 38.3 Å². The summed E-state index contributed by atoms with van der Waals surface area (Å²) in [5, 5.41) is 3.82. The van der Waals surface area contributed by atoms with Gasteiger partial charge < -0.3 is 24.6 Å². The summed E-state index contributed by atoms with van der Waals surface area (Å²) in [6, 6.07) is 10.8. The molecule has 0 radical (unpaired) electrons. The Hall–Kier alpha value is -5.52. The molecule has 0 saturated heterocycles. The molecule has 0 unspecified atom stereocenters. The first-order chi connectivity index (χ1) is 24.0. The van der Waals surface area contributed by atoms with Crippen LogP contribution in [0.2, 0.25) is 0 Å². The number of carbonyl (C=O) groups is 5. The first kappa shape index (κ1) is 37.3. The van der Waals surface area contributed by atoms with Crippen molar-refractivity contribution in [1.29, 1.82) is 0 Å². The molecule has 0 bridgehead atoms. The second kappa shape index (κ2) is 17.2. The number of ketones is 1. The molecule has 1 heterocycles. The largest absolute Gasteiger partial charge is 0.461 e. The fourth-order valence-corrected chi connectivity index (χ4v) is 5.75. The molecule has 0 aromatic heterocycles. The fraction of sp³-hybridized carbons (Fsp3) is 0.368. The molecule has 4 rings (SSSR count). The maximum atomic E-state index is 13.9. The van der Waals surface area contributed by atoms with Crippen molar-refractivity contribution in [2.24, 2.45) is 0 Å². The number of ether oxygens (including phenoxy) is 2. The Morgan fingerprint density at radius 3 is 1.90 bits per heavy atom. The Kier molecular flexibility index (Phi) is 12.9. The van der Waals surface area contributed by atoms with Gasteiger partial charge in [0.15, 0.2) is 0 Å². The lowest BCUT2D eigenvalue weighted by atomic mass is 9.81. The SMILES string of the molecule is C=CC(=O)OCCN(CCCC)c1ccc(C2=C3O[N+](C(C)=O)=c4cc(N(CCCC)CCOC(=O)C=C)ccc4=C3C2=O)c(NC(C)=O)c1. The predicted octanol–water partition coefficient (Wildman–Crippen LogP) is 3.44. The number of hydroxylamine groups is 1. The van der Waals surface area contributed by atoms with Crippen molar-refractivity contribution in [3.8, 4) is 0 Å². The fourth-order valence-electron chi connectivity index (χ4n) is 5.75. The average Bonchev–Trinajstić information content (AvgIpc) is 3.10. The van der Waals surface area contributed by atoms with Crippen LogP contribution in [0.1, 0.15) is 58.9 Å². The van der Waals surface area contributed by atoms with E-state index in [4.69, 9.17) is 14.3 Å². The van der Waals surface area contributed by atoms with Crippen LogP contribution in [0.5, 0.6) is 0 Å². The molecule has 12 nitrogen and oxygen atoms in total. The van der Waals surface area contributed by atoms with Gasteiger partial charge in [-0.25, -0.2) is 19.2 Å². The highest BCUT2D eigenvalue weighted by Gasteiger charge is 2.45. The number of amides is 2. The van der Waals surface area contributed by atoms with Gasteiger partial charge in [-0.05, 0) is 43.2 Å². The average molecular weight is 686 g/mol. The Labute approximate surface area is 291 Å². The number of allylic oxidation sites excluding steroid dienone is 2. The number of benzene rings is 2. The van der Waals surface area contributed by atoms with E-state index in [2.05, 4.69) is 37.2 Å². The molecule has 0 saturated carbocycles. The van der Waals surface area contributed by atoms with Crippen LogP contribution in [0.25, 0.3) is 11.1 Å². The number of hydrogen-bond donors (Lipinski definition) is 1. The second-order valence-corrected chi connectivity index (χ2v) is 11.8. The molecule has 0 spiro atoms. The molecule has 1 aliphatic carbocycles. The van der Waals surface area contributed by atoms with Gasteiger partial charge in [-0.3, -0.25) is 9.59 Å². The van der Waals surface area contributed by atoms with E-state index in [9.17, 15) is 24.0 Å². The molecule has 2 amide bonds. The minimum Gasteiger partial charge on any atom is -0.461 e. The van der Waals surface area contributed by atoms with Gasteiger partial charge in [0.1, 0.15) is 13.2 Å². The summed E-state index contributed by atoms with van der Waals surface area (Å²) >= 11 is 0. The van der Waals surface area contributed by atoms with Crippen molar-refractivity contribution in [3.05, 3.63) is 83.6 Å². The second-order valence-electron chi connectivity index (χ2n) is 11.8. The van der Waals surface area contributed by atoms with E-state index < -0.39 is 17.8 Å². The summed E-state index contributed by atoms with van der Waals surface area (Å²) in [5.74, 6) is -1.78. The number of esters is 2. The molecule has 2 aromatic rings. The Balaban J connectivity index is 1.77. The van der Waals surface area contributed by atoms with Gasteiger partial charge in [-0.1, -0.05) is 39.8 Å². The number of hydrogen-bond acceptors (Lipinski definition) is 10. The van der Waals surface area contributed by atoms with Gasteiger partial charge in [-0.15, -0.1) is 0 Å². The summed E-state index contributed by atoms with van der Waals surface area (Å²) in [4.78, 5) is 72.7. The predicted molar refractivity (Wildman–Crippen MR) is 191 cm³/mol. The molecule has 264 valence electrons. The van der Waals surface area contributed by atoms with Gasteiger partial charge in [-0.2, -0.15) is 0 Å². The van der Waals surface area contributed by atoms with Crippen LogP contribution in [-0.4, -0.2) is 68.9 Å². The standard InChI is InChI=1S/C38H44N4O8/c1-7-11-17-40(19-21-48-33(45)9-3)27-13-15-29(31(23-27)39-25(5)43)35-37(47)36-30-16-14-28(24-32(30)42(26(6)44)50-38(35)36)41(18-12-8-2)20-22-49-34(46)10-4/h9-10,13-16,23-24H,3-4,7-8,11-12,17-22H2,1-2,5-6H3/p+1. The molecule has 12 heteroatoms. The maximum absolute atomic E-state index is 13.9. The van der Waals surface area contributed by atoms with Crippen molar-refractivity contribution in [3.63, 3.8) is 0 Å². The summed E-state index contributed by atoms with van der Waals surface area (Å²) < 4.78 is 11.6. The Bertz CT molecular complexity index is 1860. The third-order valence-electron chi connectivity index (χ3n) is 8.27. The lowest BCUT2D eigenvalue weighted by Gasteiger charge is -2.28. The van der Waals surface area contributed by atoms with Gasteiger partial charge in [0.05, 0.1) is 46.8 Å². The third-order valence-corrected chi connectivity index (χ3v) is 8.27. The van der Waals surface area contributed by atoms with E-state index in [0.29, 0.717) is 53.6 Å². The molecule has 1 N–H and O–H groups in total. The van der Waals surface area contributed by atoms with Gasteiger partial charge in [0, 0.05) is 55.2 Å². The molecule has 2 aromatic carbocycles. The number of carbonyl (C=O) groups excluding carboxylic acids is 5. The highest BCUT2D eigenvalue weighted by atomic mass is 16.7. The first-order valence-electron chi connectivity index (χ1n) is 16.8. The number of fused-ring (bicyclic) bond motifs is 2. The van der Waals surface area contributed by atoms with Crippen LogP contribution in [0.4, 0.5) is 17.1 Å². The van der Waals surface area contributed by atoms with Crippen molar-refractivity contribution in [1.82, 2.24) is 4.74 Å². The number of rotatable bonds is 18. The molecular formula is C38H45N4O8+. The van der Waals surface area contributed by atoms with Gasteiger partial charge >= 0.3 is 17.8 Å². The summed E-state index contributed by atoms with van der Waals surface area (Å²) in [6.07, 6.45) is 5.89. The van der Waals surface area contributed by atoms with Crippen molar-refractivity contribution >= 4 is 57.7 Å². The van der Waals surface area contributed by atoms with Gasteiger partial charge in [0.25, 0.3) is 5.36 Å². The smallest absolute Gasteiger partial charge is 0.432 e. The summed E-state index contributed by atoms with van der Waals surface area (Å²) in [5.41, 5.74) is 2.97. The number of unbranched alkanes of at least 4 members (excludes halogenated alkanes) is 2. The minimum absolute atomic E-state index is 0.146. The van der Waals surface area contributed by atoms with Crippen molar-refractivity contribution in [2.45, 2.75) is 53.4 Å². The molecule has 1 aliphatic heterocycles.